The number of methoxy groups -OCH3 is 3. The van der Waals surface area contributed by atoms with Crippen LogP contribution in [0, 0.1) is 5.92 Å². The molecule has 0 aromatic heterocycles. The van der Waals surface area contributed by atoms with E-state index in [1.54, 1.807) is 45.4 Å². The van der Waals surface area contributed by atoms with Crippen LogP contribution < -0.4 is 14.5 Å². The molecule has 8 heteroatoms. The third-order valence-corrected chi connectivity index (χ3v) is 4.98. The van der Waals surface area contributed by atoms with E-state index in [0.717, 1.165) is 11.3 Å². The van der Waals surface area contributed by atoms with Crippen LogP contribution in [0.15, 0.2) is 58.6 Å². The highest BCUT2D eigenvalue weighted by atomic mass is 16.5. The van der Waals surface area contributed by atoms with Crippen molar-refractivity contribution in [1.29, 1.82) is 0 Å². The van der Waals surface area contributed by atoms with Crippen LogP contribution in [0.3, 0.4) is 0 Å². The van der Waals surface area contributed by atoms with Crippen LogP contribution in [0.4, 0.5) is 5.69 Å². The number of rotatable bonds is 8. The highest BCUT2D eigenvalue weighted by Gasteiger charge is 2.39. The third kappa shape index (κ3) is 5.09. The van der Waals surface area contributed by atoms with Crippen LogP contribution in [-0.4, -0.2) is 44.6 Å². The molecule has 1 aliphatic heterocycles. The van der Waals surface area contributed by atoms with Gasteiger partial charge in [0, 0.05) is 5.71 Å². The van der Waals surface area contributed by atoms with Crippen molar-refractivity contribution in [2.45, 2.75) is 19.9 Å². The number of carbonyl (C=O) groups is 2. The smallest absolute Gasteiger partial charge is 0.311 e. The highest BCUT2D eigenvalue weighted by Crippen LogP contribution is 2.28. The molecule has 1 atom stereocenters. The summed E-state index contributed by atoms with van der Waals surface area (Å²) in [6.45, 7) is 2.17. The fourth-order valence-electron chi connectivity index (χ4n) is 3.22. The molecule has 162 valence electrons. The Kier molecular flexibility index (Phi) is 7.02. The van der Waals surface area contributed by atoms with Gasteiger partial charge in [-0.1, -0.05) is 12.1 Å². The number of amides is 1. The van der Waals surface area contributed by atoms with E-state index >= 15 is 0 Å². The Bertz CT molecular complexity index is 997. The average Bonchev–Trinajstić information content (AvgIpc) is 3.13. The van der Waals surface area contributed by atoms with Crippen LogP contribution in [0.5, 0.6) is 11.5 Å². The Hall–Kier alpha value is -3.68. The topological polar surface area (TPSA) is 89.8 Å². The molecule has 2 aromatic rings. The molecule has 0 aliphatic carbocycles. The molecule has 0 saturated carbocycles. The van der Waals surface area contributed by atoms with Gasteiger partial charge in [0.05, 0.1) is 45.7 Å². The summed E-state index contributed by atoms with van der Waals surface area (Å²) in [6.07, 6.45) is -0.0883. The Morgan fingerprint density at radius 1 is 1.00 bits per heavy atom. The molecule has 31 heavy (non-hydrogen) atoms. The summed E-state index contributed by atoms with van der Waals surface area (Å²) in [6, 6.07) is 14.5. The second kappa shape index (κ2) is 9.88. The summed E-state index contributed by atoms with van der Waals surface area (Å²) in [4.78, 5) is 29.7. The second-order valence-electron chi connectivity index (χ2n) is 6.93. The minimum atomic E-state index is -0.723. The van der Waals surface area contributed by atoms with Gasteiger partial charge in [-0.05, 0) is 48.9 Å². The number of hydrogen-bond acceptors (Lipinski definition) is 7. The Morgan fingerprint density at radius 2 is 1.58 bits per heavy atom. The first-order valence-electron chi connectivity index (χ1n) is 9.73. The number of hydrazone groups is 1. The maximum absolute atomic E-state index is 13.2. The Balaban J connectivity index is 1.85. The summed E-state index contributed by atoms with van der Waals surface area (Å²) < 4.78 is 15.1. The molecule has 0 N–H and O–H groups in total. The molecular weight excluding hydrogens is 398 g/mol. The Labute approximate surface area is 181 Å². The lowest BCUT2D eigenvalue weighted by molar-refractivity contribution is -0.139. The zero-order valence-corrected chi connectivity index (χ0v) is 18.0. The number of benzene rings is 2. The molecular formula is C23H25N3O5. The predicted molar refractivity (Wildman–Crippen MR) is 118 cm³/mol. The van der Waals surface area contributed by atoms with Crippen molar-refractivity contribution < 1.29 is 23.8 Å². The molecule has 0 radical (unpaired) electrons. The summed E-state index contributed by atoms with van der Waals surface area (Å²) in [5, 5.41) is 5.72. The number of hydrogen-bond donors (Lipinski definition) is 0. The van der Waals surface area contributed by atoms with Gasteiger partial charge in [-0.2, -0.15) is 10.1 Å². The molecule has 0 saturated heterocycles. The molecule has 0 spiro atoms. The molecule has 1 unspecified atom stereocenters. The molecule has 3 rings (SSSR count). The van der Waals surface area contributed by atoms with Gasteiger partial charge >= 0.3 is 5.97 Å². The van der Waals surface area contributed by atoms with Crippen molar-refractivity contribution in [2.24, 2.45) is 16.0 Å². The van der Waals surface area contributed by atoms with Crippen molar-refractivity contribution in [1.82, 2.24) is 0 Å². The average molecular weight is 423 g/mol. The highest BCUT2D eigenvalue weighted by molar-refractivity contribution is 6.30. The van der Waals surface area contributed by atoms with Gasteiger partial charge in [0.1, 0.15) is 17.4 Å². The summed E-state index contributed by atoms with van der Waals surface area (Å²) in [5.74, 6) is -0.0171. The predicted octanol–water partition coefficient (Wildman–Crippen LogP) is 3.25. The number of esters is 1. The van der Waals surface area contributed by atoms with E-state index in [9.17, 15) is 9.59 Å². The molecule has 0 bridgehead atoms. The minimum absolute atomic E-state index is 0.0883. The summed E-state index contributed by atoms with van der Waals surface area (Å²) >= 11 is 0. The van der Waals surface area contributed by atoms with E-state index in [0.29, 0.717) is 29.4 Å². The molecule has 8 nitrogen and oxygen atoms in total. The quantitative estimate of drug-likeness (QED) is 0.480. The van der Waals surface area contributed by atoms with E-state index < -0.39 is 11.9 Å². The van der Waals surface area contributed by atoms with Gasteiger partial charge in [0.25, 0.3) is 5.91 Å². The SMILES string of the molecule is COC(=O)CC1=NN(c2ccc(OC)cc2)C(=O)C1C(C)=NCc1ccc(OC)cc1. The Morgan fingerprint density at radius 3 is 2.13 bits per heavy atom. The first kappa shape index (κ1) is 22.0. The van der Waals surface area contributed by atoms with E-state index in [2.05, 4.69) is 10.1 Å². The number of ether oxygens (including phenoxy) is 3. The van der Waals surface area contributed by atoms with Gasteiger partial charge < -0.3 is 14.2 Å². The number of anilines is 1. The standard InChI is InChI=1S/C23H25N3O5/c1-15(24-14-16-5-9-18(29-2)10-6-16)22-20(13-21(27)31-4)25-26(23(22)28)17-7-11-19(30-3)12-8-17/h5-12,22H,13-14H2,1-4H3. The van der Waals surface area contributed by atoms with Crippen LogP contribution in [0.1, 0.15) is 18.9 Å². The van der Waals surface area contributed by atoms with Gasteiger partial charge in [-0.15, -0.1) is 0 Å². The van der Waals surface area contributed by atoms with Crippen LogP contribution in [0.25, 0.3) is 0 Å². The van der Waals surface area contributed by atoms with Gasteiger partial charge in [-0.3, -0.25) is 14.6 Å². The van der Waals surface area contributed by atoms with Crippen molar-refractivity contribution in [3.8, 4) is 11.5 Å². The maximum Gasteiger partial charge on any atom is 0.311 e. The molecule has 1 aliphatic rings. The van der Waals surface area contributed by atoms with Crippen LogP contribution >= 0.6 is 0 Å². The first-order valence-corrected chi connectivity index (χ1v) is 9.73. The molecule has 1 heterocycles. The molecule has 1 amide bonds. The van der Waals surface area contributed by atoms with Crippen molar-refractivity contribution in [2.75, 3.05) is 26.3 Å². The monoisotopic (exact) mass is 423 g/mol. The lowest BCUT2D eigenvalue weighted by Gasteiger charge is -2.15. The largest absolute Gasteiger partial charge is 0.497 e. The lowest BCUT2D eigenvalue weighted by Crippen LogP contribution is -2.33. The van der Waals surface area contributed by atoms with Crippen molar-refractivity contribution in [3.63, 3.8) is 0 Å². The minimum Gasteiger partial charge on any atom is -0.497 e. The van der Waals surface area contributed by atoms with Crippen LogP contribution in [-0.2, 0) is 20.9 Å². The van der Waals surface area contributed by atoms with Gasteiger partial charge in [0.2, 0.25) is 0 Å². The fourth-order valence-corrected chi connectivity index (χ4v) is 3.22. The normalized spacial score (nSPS) is 16.2. The summed E-state index contributed by atoms with van der Waals surface area (Å²) in [5.41, 5.74) is 2.55. The lowest BCUT2D eigenvalue weighted by atomic mass is 9.95. The van der Waals surface area contributed by atoms with E-state index in [1.165, 1.54) is 12.1 Å². The van der Waals surface area contributed by atoms with Gasteiger partial charge in [0.15, 0.2) is 0 Å². The number of nitrogens with zero attached hydrogens (tertiary/aromatic N) is 3. The molecule has 0 fully saturated rings. The number of aliphatic imine (C=N–C) groups is 1. The van der Waals surface area contributed by atoms with Gasteiger partial charge in [-0.25, -0.2) is 0 Å². The van der Waals surface area contributed by atoms with E-state index in [4.69, 9.17) is 14.2 Å². The van der Waals surface area contributed by atoms with E-state index in [-0.39, 0.29) is 12.3 Å². The molecule has 2 aromatic carbocycles. The number of carbonyl (C=O) groups excluding carboxylic acids is 2. The second-order valence-corrected chi connectivity index (χ2v) is 6.93. The zero-order valence-electron chi connectivity index (χ0n) is 18.0. The summed E-state index contributed by atoms with van der Waals surface area (Å²) in [7, 11) is 4.49. The zero-order chi connectivity index (χ0) is 22.4. The fraction of sp³-hybridized carbons (Fsp3) is 0.304. The van der Waals surface area contributed by atoms with Crippen LogP contribution in [0.2, 0.25) is 0 Å². The maximum atomic E-state index is 13.2. The van der Waals surface area contributed by atoms with E-state index in [1.807, 2.05) is 24.3 Å². The van der Waals surface area contributed by atoms with Crippen molar-refractivity contribution >= 4 is 29.0 Å². The van der Waals surface area contributed by atoms with Crippen molar-refractivity contribution in [3.05, 3.63) is 54.1 Å². The third-order valence-electron chi connectivity index (χ3n) is 4.98. The first-order chi connectivity index (χ1) is 15.0.